The Labute approximate surface area is 166 Å². The fraction of sp³-hybridized carbons (Fsp3) is 0.368. The largest absolute Gasteiger partial charge is 0.493 e. The van der Waals surface area contributed by atoms with Gasteiger partial charge in [0.25, 0.3) is 0 Å². The fourth-order valence-corrected chi connectivity index (χ4v) is 4.58. The molecule has 0 spiro atoms. The van der Waals surface area contributed by atoms with E-state index in [0.29, 0.717) is 17.1 Å². The number of hydrogen-bond acceptors (Lipinski definition) is 5. The van der Waals surface area contributed by atoms with Gasteiger partial charge in [0.15, 0.2) is 11.5 Å². The van der Waals surface area contributed by atoms with Crippen LogP contribution in [0.3, 0.4) is 0 Å². The molecule has 8 heteroatoms. The van der Waals surface area contributed by atoms with Crippen LogP contribution in [0.4, 0.5) is 0 Å². The molecule has 2 aromatic carbocycles. The molecule has 27 heavy (non-hydrogen) atoms. The highest BCUT2D eigenvalue weighted by atomic mass is 35.5. The van der Waals surface area contributed by atoms with Crippen molar-refractivity contribution in [2.45, 2.75) is 24.3 Å². The molecule has 1 heterocycles. The lowest BCUT2D eigenvalue weighted by molar-refractivity contribution is 0.353. The van der Waals surface area contributed by atoms with Gasteiger partial charge in [-0.3, -0.25) is 0 Å². The van der Waals surface area contributed by atoms with E-state index in [1.807, 2.05) is 18.2 Å². The van der Waals surface area contributed by atoms with Crippen molar-refractivity contribution in [3.8, 4) is 11.5 Å². The van der Waals surface area contributed by atoms with Gasteiger partial charge in [-0.2, -0.15) is 0 Å². The predicted octanol–water partition coefficient (Wildman–Crippen LogP) is 2.60. The molecule has 0 aliphatic carbocycles. The van der Waals surface area contributed by atoms with Crippen LogP contribution in [0.5, 0.6) is 11.5 Å². The van der Waals surface area contributed by atoms with E-state index in [4.69, 9.17) is 9.47 Å². The van der Waals surface area contributed by atoms with Crippen molar-refractivity contribution in [1.82, 2.24) is 10.0 Å². The van der Waals surface area contributed by atoms with Gasteiger partial charge in [0.05, 0.1) is 19.1 Å². The van der Waals surface area contributed by atoms with Gasteiger partial charge in [-0.05, 0) is 42.6 Å². The first-order chi connectivity index (χ1) is 12.5. The van der Waals surface area contributed by atoms with Crippen LogP contribution in [0.25, 0.3) is 0 Å². The maximum atomic E-state index is 12.8. The number of fused-ring (bicyclic) bond motifs is 1. The van der Waals surface area contributed by atoms with E-state index in [0.717, 1.165) is 18.5 Å². The summed E-state index contributed by atoms with van der Waals surface area (Å²) in [5, 5.41) is 3.38. The van der Waals surface area contributed by atoms with Crippen LogP contribution in [-0.2, 0) is 16.4 Å². The van der Waals surface area contributed by atoms with Gasteiger partial charge in [0.1, 0.15) is 0 Å². The molecule has 1 unspecified atom stereocenters. The molecule has 0 bridgehead atoms. The Kier molecular flexibility index (Phi) is 7.11. The maximum Gasteiger partial charge on any atom is 0.241 e. The van der Waals surface area contributed by atoms with Gasteiger partial charge in [0.2, 0.25) is 10.0 Å². The smallest absolute Gasteiger partial charge is 0.241 e. The highest BCUT2D eigenvalue weighted by Gasteiger charge is 2.24. The zero-order valence-corrected chi connectivity index (χ0v) is 17.2. The molecule has 0 fully saturated rings. The second-order valence-corrected chi connectivity index (χ2v) is 8.02. The first-order valence-corrected chi connectivity index (χ1v) is 9.98. The van der Waals surface area contributed by atoms with E-state index in [2.05, 4.69) is 16.1 Å². The molecule has 1 atom stereocenters. The second-order valence-electron chi connectivity index (χ2n) is 6.28. The van der Waals surface area contributed by atoms with Gasteiger partial charge >= 0.3 is 0 Å². The Hall–Kier alpha value is -1.80. The van der Waals surface area contributed by atoms with Crippen molar-refractivity contribution in [2.24, 2.45) is 0 Å². The number of ether oxygens (including phenoxy) is 2. The molecule has 1 aliphatic rings. The second kappa shape index (κ2) is 8.93. The third kappa shape index (κ3) is 4.55. The van der Waals surface area contributed by atoms with E-state index < -0.39 is 10.0 Å². The molecule has 1 aliphatic heterocycles. The maximum absolute atomic E-state index is 12.8. The lowest BCUT2D eigenvalue weighted by atomic mass is 9.95. The molecule has 3 rings (SSSR count). The SMILES string of the molecule is COc1cc(C)c(S(=O)(=O)NCC2NCCc3ccccc32)cc1OC.Cl. The molecule has 6 nitrogen and oxygen atoms in total. The molecule has 0 saturated heterocycles. The summed E-state index contributed by atoms with van der Waals surface area (Å²) in [4.78, 5) is 0.194. The third-order valence-electron chi connectivity index (χ3n) is 4.66. The van der Waals surface area contributed by atoms with Crippen LogP contribution in [0.15, 0.2) is 41.3 Å². The lowest BCUT2D eigenvalue weighted by Crippen LogP contribution is -2.39. The minimum atomic E-state index is -3.68. The van der Waals surface area contributed by atoms with Crippen LogP contribution in [0.1, 0.15) is 22.7 Å². The van der Waals surface area contributed by atoms with Crippen LogP contribution in [0.2, 0.25) is 0 Å². The van der Waals surface area contributed by atoms with Gasteiger partial charge in [-0.25, -0.2) is 13.1 Å². The van der Waals surface area contributed by atoms with Crippen molar-refractivity contribution in [3.05, 3.63) is 53.1 Å². The van der Waals surface area contributed by atoms with Crippen molar-refractivity contribution in [3.63, 3.8) is 0 Å². The first kappa shape index (κ1) is 21.5. The monoisotopic (exact) mass is 412 g/mol. The molecule has 0 amide bonds. The molecular weight excluding hydrogens is 388 g/mol. The Bertz CT molecular complexity index is 903. The standard InChI is InChI=1S/C19H24N2O4S.ClH/c1-13-10-17(24-2)18(25-3)11-19(13)26(22,23)21-12-16-15-7-5-4-6-14(15)8-9-20-16;/h4-7,10-11,16,20-21H,8-9,12H2,1-3H3;1H. The summed E-state index contributed by atoms with van der Waals surface area (Å²) in [6.45, 7) is 2.86. The van der Waals surface area contributed by atoms with Gasteiger partial charge in [-0.1, -0.05) is 24.3 Å². The van der Waals surface area contributed by atoms with E-state index >= 15 is 0 Å². The van der Waals surface area contributed by atoms with E-state index in [1.165, 1.54) is 25.8 Å². The van der Waals surface area contributed by atoms with Crippen LogP contribution >= 0.6 is 12.4 Å². The number of halogens is 1. The Morgan fingerprint density at radius 2 is 1.81 bits per heavy atom. The van der Waals surface area contributed by atoms with Crippen molar-refractivity contribution in [2.75, 3.05) is 27.3 Å². The predicted molar refractivity (Wildman–Crippen MR) is 108 cm³/mol. The molecule has 0 aromatic heterocycles. The van der Waals surface area contributed by atoms with E-state index in [-0.39, 0.29) is 29.9 Å². The quantitative estimate of drug-likeness (QED) is 0.762. The van der Waals surface area contributed by atoms with Crippen LogP contribution in [-0.4, -0.2) is 35.7 Å². The fourth-order valence-electron chi connectivity index (χ4n) is 3.30. The summed E-state index contributed by atoms with van der Waals surface area (Å²) in [7, 11) is -0.666. The Morgan fingerprint density at radius 1 is 1.15 bits per heavy atom. The summed E-state index contributed by atoms with van der Waals surface area (Å²) in [5.41, 5.74) is 3.01. The van der Waals surface area contributed by atoms with Gasteiger partial charge < -0.3 is 14.8 Å². The number of benzene rings is 2. The molecule has 2 aromatic rings. The van der Waals surface area contributed by atoms with Crippen molar-refractivity contribution < 1.29 is 17.9 Å². The Balaban J connectivity index is 0.00000261. The highest BCUT2D eigenvalue weighted by molar-refractivity contribution is 7.89. The van der Waals surface area contributed by atoms with Crippen molar-refractivity contribution in [1.29, 1.82) is 0 Å². The minimum absolute atomic E-state index is 0. The average Bonchev–Trinajstić information content (AvgIpc) is 2.65. The number of nitrogens with one attached hydrogen (secondary N) is 2. The van der Waals surface area contributed by atoms with Crippen molar-refractivity contribution >= 4 is 22.4 Å². The zero-order chi connectivity index (χ0) is 18.7. The molecular formula is C19H25ClN2O4S. The molecule has 148 valence electrons. The molecule has 0 saturated carbocycles. The Morgan fingerprint density at radius 3 is 2.52 bits per heavy atom. The van der Waals surface area contributed by atoms with E-state index in [9.17, 15) is 8.42 Å². The summed E-state index contributed by atoms with van der Waals surface area (Å²) in [6, 6.07) is 11.2. The van der Waals surface area contributed by atoms with Crippen LogP contribution in [0, 0.1) is 6.92 Å². The summed E-state index contributed by atoms with van der Waals surface area (Å²) in [5.74, 6) is 0.895. The van der Waals surface area contributed by atoms with Crippen LogP contribution < -0.4 is 19.5 Å². The molecule has 2 N–H and O–H groups in total. The van der Waals surface area contributed by atoms with Gasteiger partial charge in [-0.15, -0.1) is 12.4 Å². The third-order valence-corrected chi connectivity index (χ3v) is 6.23. The number of sulfonamides is 1. The minimum Gasteiger partial charge on any atom is -0.493 e. The highest BCUT2D eigenvalue weighted by Crippen LogP contribution is 2.32. The summed E-state index contributed by atoms with van der Waals surface area (Å²) >= 11 is 0. The lowest BCUT2D eigenvalue weighted by Gasteiger charge is -2.27. The number of aryl methyl sites for hydroxylation is 1. The van der Waals surface area contributed by atoms with E-state index in [1.54, 1.807) is 13.0 Å². The number of rotatable bonds is 6. The molecule has 0 radical (unpaired) electrons. The summed E-state index contributed by atoms with van der Waals surface area (Å²) < 4.78 is 38.9. The first-order valence-electron chi connectivity index (χ1n) is 8.49. The number of hydrogen-bond donors (Lipinski definition) is 2. The van der Waals surface area contributed by atoms with Gasteiger partial charge in [0, 0.05) is 18.7 Å². The number of methoxy groups -OCH3 is 2. The average molecular weight is 413 g/mol. The summed E-state index contributed by atoms with van der Waals surface area (Å²) in [6.07, 6.45) is 0.953. The normalized spacial score (nSPS) is 16.2. The topological polar surface area (TPSA) is 76.7 Å². The zero-order valence-electron chi connectivity index (χ0n) is 15.6.